The van der Waals surface area contributed by atoms with Crippen LogP contribution in [0.15, 0.2) is 59.8 Å². The smallest absolute Gasteiger partial charge is 0.237 e. The maximum absolute atomic E-state index is 12.4. The first-order valence-electron chi connectivity index (χ1n) is 7.47. The quantitative estimate of drug-likeness (QED) is 0.561. The van der Waals surface area contributed by atoms with Gasteiger partial charge >= 0.3 is 0 Å². The fourth-order valence-electron chi connectivity index (χ4n) is 2.41. The second-order valence-electron chi connectivity index (χ2n) is 5.29. The summed E-state index contributed by atoms with van der Waals surface area (Å²) in [5, 5.41) is 11.8. The van der Waals surface area contributed by atoms with Gasteiger partial charge in [0, 0.05) is 5.69 Å². The number of aromatic nitrogens is 3. The molecule has 1 N–H and O–H groups in total. The second-order valence-corrected chi connectivity index (χ2v) is 7.60. The highest BCUT2D eigenvalue weighted by atomic mass is 32.2. The summed E-state index contributed by atoms with van der Waals surface area (Å²) in [5.41, 5.74) is 1.86. The third kappa shape index (κ3) is 2.76. The molecule has 0 fully saturated rings. The van der Waals surface area contributed by atoms with Gasteiger partial charge in [0.1, 0.15) is 0 Å². The number of anilines is 1. The molecule has 2 aromatic heterocycles. The predicted octanol–water partition coefficient (Wildman–Crippen LogP) is 4.06. The van der Waals surface area contributed by atoms with Crippen LogP contribution in [-0.2, 0) is 4.79 Å². The molecule has 4 aromatic rings. The maximum Gasteiger partial charge on any atom is 0.237 e. The van der Waals surface area contributed by atoms with Crippen LogP contribution < -0.4 is 5.32 Å². The van der Waals surface area contributed by atoms with Crippen molar-refractivity contribution in [3.8, 4) is 0 Å². The maximum atomic E-state index is 12.4. The number of benzene rings is 2. The summed E-state index contributed by atoms with van der Waals surface area (Å²) in [6.07, 6.45) is 0. The molecule has 0 bridgehead atoms. The van der Waals surface area contributed by atoms with E-state index >= 15 is 0 Å². The van der Waals surface area contributed by atoms with E-state index < -0.39 is 0 Å². The summed E-state index contributed by atoms with van der Waals surface area (Å²) in [6.45, 7) is 1.87. The zero-order valence-electron chi connectivity index (χ0n) is 12.8. The van der Waals surface area contributed by atoms with Gasteiger partial charge in [0.25, 0.3) is 0 Å². The molecule has 0 radical (unpaired) electrons. The van der Waals surface area contributed by atoms with Crippen molar-refractivity contribution in [2.75, 3.05) is 5.32 Å². The first-order chi connectivity index (χ1) is 11.7. The Morgan fingerprint density at radius 1 is 1.12 bits per heavy atom. The highest BCUT2D eigenvalue weighted by Crippen LogP contribution is 2.31. The Kier molecular flexibility index (Phi) is 3.95. The van der Waals surface area contributed by atoms with Crippen molar-refractivity contribution in [1.29, 1.82) is 0 Å². The van der Waals surface area contributed by atoms with Gasteiger partial charge in [-0.3, -0.25) is 9.20 Å². The van der Waals surface area contributed by atoms with Crippen molar-refractivity contribution in [3.05, 3.63) is 54.6 Å². The third-order valence-corrected chi connectivity index (χ3v) is 5.66. The molecule has 1 amide bonds. The van der Waals surface area contributed by atoms with Crippen molar-refractivity contribution in [2.45, 2.75) is 17.3 Å². The van der Waals surface area contributed by atoms with Gasteiger partial charge in [-0.05, 0) is 31.2 Å². The zero-order chi connectivity index (χ0) is 16.5. The Balaban J connectivity index is 1.58. The van der Waals surface area contributed by atoms with E-state index in [1.54, 1.807) is 11.3 Å². The van der Waals surface area contributed by atoms with Crippen LogP contribution in [0.4, 0.5) is 5.69 Å². The monoisotopic (exact) mass is 354 g/mol. The molecule has 4 rings (SSSR count). The lowest BCUT2D eigenvalue weighted by molar-refractivity contribution is -0.115. The van der Waals surface area contributed by atoms with E-state index in [1.165, 1.54) is 11.8 Å². The van der Waals surface area contributed by atoms with E-state index in [2.05, 4.69) is 21.6 Å². The molecule has 0 saturated carbocycles. The number of fused-ring (bicyclic) bond motifs is 3. The minimum atomic E-state index is -0.281. The lowest BCUT2D eigenvalue weighted by atomic mass is 10.3. The Bertz CT molecular complexity index is 1010. The molecule has 0 unspecified atom stereocenters. The van der Waals surface area contributed by atoms with Crippen LogP contribution in [0.3, 0.4) is 0 Å². The Labute approximate surface area is 146 Å². The highest BCUT2D eigenvalue weighted by Gasteiger charge is 2.20. The Morgan fingerprint density at radius 2 is 1.88 bits per heavy atom. The molecule has 1 atom stereocenters. The zero-order valence-corrected chi connectivity index (χ0v) is 14.5. The molecule has 0 aliphatic rings. The molecule has 0 aliphatic heterocycles. The second kappa shape index (κ2) is 6.26. The number of thiazole rings is 1. The minimum Gasteiger partial charge on any atom is -0.325 e. The third-order valence-electron chi connectivity index (χ3n) is 3.60. The fraction of sp³-hybridized carbons (Fsp3) is 0.118. The molecular weight excluding hydrogens is 340 g/mol. The summed E-state index contributed by atoms with van der Waals surface area (Å²) in [6, 6.07) is 17.6. The molecular formula is C17H14N4OS2. The molecule has 0 saturated heterocycles. The van der Waals surface area contributed by atoms with Crippen LogP contribution in [0.5, 0.6) is 0 Å². The summed E-state index contributed by atoms with van der Waals surface area (Å²) in [4.78, 5) is 13.2. The number of carbonyl (C=O) groups is 1. The number of nitrogens with zero attached hydrogens (tertiary/aromatic N) is 3. The lowest BCUT2D eigenvalue weighted by Crippen LogP contribution is -2.22. The average molecular weight is 354 g/mol. The molecule has 2 heterocycles. The lowest BCUT2D eigenvalue weighted by Gasteiger charge is -2.10. The normalized spacial score (nSPS) is 12.5. The minimum absolute atomic E-state index is 0.0533. The Morgan fingerprint density at radius 3 is 2.71 bits per heavy atom. The number of rotatable bonds is 4. The molecule has 0 spiro atoms. The number of hydrogen-bond donors (Lipinski definition) is 1. The van der Waals surface area contributed by atoms with Gasteiger partial charge in [0.15, 0.2) is 5.16 Å². The van der Waals surface area contributed by atoms with Crippen LogP contribution in [0.1, 0.15) is 6.92 Å². The largest absolute Gasteiger partial charge is 0.325 e. The SMILES string of the molecule is C[C@@H](Sc1nnc2sc3ccccc3n12)C(=O)Nc1ccccc1. The van der Waals surface area contributed by atoms with Crippen LogP contribution in [-0.4, -0.2) is 25.8 Å². The van der Waals surface area contributed by atoms with Crippen molar-refractivity contribution in [1.82, 2.24) is 14.6 Å². The van der Waals surface area contributed by atoms with Crippen molar-refractivity contribution < 1.29 is 4.79 Å². The standard InChI is InChI=1S/C17H14N4OS2/c1-11(15(22)18-12-7-3-2-4-8-12)23-16-19-20-17-21(16)13-9-5-6-10-14(13)24-17/h2-11H,1H3,(H,18,22)/t11-/m1/s1. The van der Waals surface area contributed by atoms with E-state index in [4.69, 9.17) is 0 Å². The van der Waals surface area contributed by atoms with Gasteiger partial charge in [-0.25, -0.2) is 0 Å². The average Bonchev–Trinajstić information content (AvgIpc) is 3.15. The first kappa shape index (κ1) is 15.2. The van der Waals surface area contributed by atoms with Gasteiger partial charge in [0.05, 0.1) is 15.5 Å². The first-order valence-corrected chi connectivity index (χ1v) is 9.17. The van der Waals surface area contributed by atoms with Gasteiger partial charge in [-0.2, -0.15) is 0 Å². The molecule has 5 nitrogen and oxygen atoms in total. The number of nitrogens with one attached hydrogen (secondary N) is 1. The van der Waals surface area contributed by atoms with Gasteiger partial charge in [-0.1, -0.05) is 53.4 Å². The van der Waals surface area contributed by atoms with Crippen LogP contribution in [0, 0.1) is 0 Å². The van der Waals surface area contributed by atoms with Crippen molar-refractivity contribution in [3.63, 3.8) is 0 Å². The topological polar surface area (TPSA) is 59.3 Å². The molecule has 7 heteroatoms. The van der Waals surface area contributed by atoms with Gasteiger partial charge in [-0.15, -0.1) is 10.2 Å². The van der Waals surface area contributed by atoms with Gasteiger partial charge < -0.3 is 5.32 Å². The Hall–Kier alpha value is -2.38. The summed E-state index contributed by atoms with van der Waals surface area (Å²) < 4.78 is 3.17. The predicted molar refractivity (Wildman–Crippen MR) is 98.8 cm³/mol. The van der Waals surface area contributed by atoms with E-state index in [9.17, 15) is 4.79 Å². The summed E-state index contributed by atoms with van der Waals surface area (Å²) in [7, 11) is 0. The van der Waals surface area contributed by atoms with Crippen LogP contribution in [0.25, 0.3) is 15.2 Å². The van der Waals surface area contributed by atoms with Crippen molar-refractivity contribution >= 4 is 49.9 Å². The molecule has 2 aromatic carbocycles. The van der Waals surface area contributed by atoms with E-state index in [0.717, 1.165) is 26.0 Å². The number of hydrogen-bond acceptors (Lipinski definition) is 5. The molecule has 120 valence electrons. The molecule has 24 heavy (non-hydrogen) atoms. The van der Waals surface area contributed by atoms with E-state index in [-0.39, 0.29) is 11.2 Å². The van der Waals surface area contributed by atoms with Crippen LogP contribution >= 0.6 is 23.1 Å². The van der Waals surface area contributed by atoms with Crippen LogP contribution in [0.2, 0.25) is 0 Å². The number of carbonyl (C=O) groups excluding carboxylic acids is 1. The highest BCUT2D eigenvalue weighted by molar-refractivity contribution is 8.00. The fourth-order valence-corrected chi connectivity index (χ4v) is 4.29. The number of amides is 1. The van der Waals surface area contributed by atoms with Crippen molar-refractivity contribution in [2.24, 2.45) is 0 Å². The molecule has 0 aliphatic carbocycles. The summed E-state index contributed by atoms with van der Waals surface area (Å²) in [5.74, 6) is -0.0533. The van der Waals surface area contributed by atoms with E-state index in [0.29, 0.717) is 0 Å². The van der Waals surface area contributed by atoms with E-state index in [1.807, 2.05) is 59.9 Å². The van der Waals surface area contributed by atoms with Gasteiger partial charge in [0.2, 0.25) is 10.9 Å². The number of thioether (sulfide) groups is 1. The number of para-hydroxylation sites is 2. The summed E-state index contributed by atoms with van der Waals surface area (Å²) >= 11 is 3.01.